The third kappa shape index (κ3) is 3.43. The van der Waals surface area contributed by atoms with Crippen LogP contribution in [0.4, 0.5) is 17.5 Å². The maximum absolute atomic E-state index is 12.3. The van der Waals surface area contributed by atoms with E-state index in [0.29, 0.717) is 30.7 Å². The molecular weight excluding hydrogens is 312 g/mol. The molecule has 0 atom stereocenters. The average molecular weight is 332 g/mol. The zero-order valence-corrected chi connectivity index (χ0v) is 13.9. The predicted molar refractivity (Wildman–Crippen MR) is 88.3 cm³/mol. The molecule has 0 unspecified atom stereocenters. The molecule has 2 aromatic heterocycles. The lowest BCUT2D eigenvalue weighted by Crippen LogP contribution is -2.37. The lowest BCUT2D eigenvalue weighted by molar-refractivity contribution is 0.102. The molecule has 1 N–H and O–H groups in total. The normalized spacial score (nSPS) is 14.5. The molecule has 24 heavy (non-hydrogen) atoms. The highest BCUT2D eigenvalue weighted by molar-refractivity contribution is 6.04. The van der Waals surface area contributed by atoms with Crippen LogP contribution in [0.1, 0.15) is 10.5 Å². The number of rotatable bonds is 4. The van der Waals surface area contributed by atoms with Crippen molar-refractivity contribution in [3.05, 3.63) is 18.1 Å². The number of hydrogen-bond donors (Lipinski definition) is 1. The molecule has 10 nitrogen and oxygen atoms in total. The number of anilines is 3. The summed E-state index contributed by atoms with van der Waals surface area (Å²) in [6.07, 6.45) is 3.16. The van der Waals surface area contributed by atoms with E-state index in [0.717, 1.165) is 13.1 Å². The minimum atomic E-state index is -0.353. The van der Waals surface area contributed by atoms with Gasteiger partial charge in [-0.25, -0.2) is 4.98 Å². The number of hydrogen-bond acceptors (Lipinski definition) is 8. The van der Waals surface area contributed by atoms with E-state index in [1.165, 1.54) is 4.68 Å². The minimum Gasteiger partial charge on any atom is -0.378 e. The third-order valence-electron chi connectivity index (χ3n) is 3.56. The highest BCUT2D eigenvalue weighted by Crippen LogP contribution is 2.24. The Hall–Kier alpha value is -2.75. The van der Waals surface area contributed by atoms with Crippen LogP contribution in [0.15, 0.2) is 12.4 Å². The second-order valence-electron chi connectivity index (χ2n) is 5.63. The number of carbonyl (C=O) groups excluding carboxylic acids is 1. The second-order valence-corrected chi connectivity index (χ2v) is 5.63. The maximum Gasteiger partial charge on any atom is 0.277 e. The van der Waals surface area contributed by atoms with E-state index in [1.807, 2.05) is 19.0 Å². The van der Waals surface area contributed by atoms with Crippen LogP contribution in [0, 0.1) is 0 Å². The van der Waals surface area contributed by atoms with Gasteiger partial charge in [-0.05, 0) is 0 Å². The highest BCUT2D eigenvalue weighted by Gasteiger charge is 2.19. The predicted octanol–water partition coefficient (Wildman–Crippen LogP) is -0.240. The first-order valence-corrected chi connectivity index (χ1v) is 7.59. The Kier molecular flexibility index (Phi) is 4.56. The standard InChI is InChI=1S/C14H20N8O2/c1-20(2)12-10(16-13(23)11-9-21(3)19-18-11)8-15-14(17-12)22-4-6-24-7-5-22/h8-9H,4-7H2,1-3H3,(H,16,23). The SMILES string of the molecule is CN(C)c1nc(N2CCOCC2)ncc1NC(=O)c1cn(C)nn1. The van der Waals surface area contributed by atoms with E-state index in [1.54, 1.807) is 19.4 Å². The van der Waals surface area contributed by atoms with Crippen LogP contribution in [0.2, 0.25) is 0 Å². The molecule has 0 saturated carbocycles. The second kappa shape index (κ2) is 6.79. The molecule has 10 heteroatoms. The van der Waals surface area contributed by atoms with Crippen molar-refractivity contribution in [2.75, 3.05) is 55.5 Å². The Morgan fingerprint density at radius 2 is 2.08 bits per heavy atom. The van der Waals surface area contributed by atoms with E-state index in [4.69, 9.17) is 4.74 Å². The molecule has 0 aromatic carbocycles. The van der Waals surface area contributed by atoms with Gasteiger partial charge in [-0.1, -0.05) is 5.21 Å². The fraction of sp³-hybridized carbons (Fsp3) is 0.500. The molecule has 128 valence electrons. The van der Waals surface area contributed by atoms with Gasteiger partial charge in [0.25, 0.3) is 5.91 Å². The van der Waals surface area contributed by atoms with E-state index >= 15 is 0 Å². The quantitative estimate of drug-likeness (QED) is 0.818. The summed E-state index contributed by atoms with van der Waals surface area (Å²) in [5, 5.41) is 10.3. The lowest BCUT2D eigenvalue weighted by Gasteiger charge is -2.28. The molecule has 0 aliphatic carbocycles. The largest absolute Gasteiger partial charge is 0.378 e. The molecule has 0 bridgehead atoms. The van der Waals surface area contributed by atoms with Crippen molar-refractivity contribution in [3.8, 4) is 0 Å². The zero-order valence-electron chi connectivity index (χ0n) is 13.9. The van der Waals surface area contributed by atoms with Crippen molar-refractivity contribution in [3.63, 3.8) is 0 Å². The van der Waals surface area contributed by atoms with Crippen molar-refractivity contribution < 1.29 is 9.53 Å². The lowest BCUT2D eigenvalue weighted by atomic mass is 10.3. The molecule has 1 amide bonds. The van der Waals surface area contributed by atoms with Gasteiger partial charge in [0.1, 0.15) is 5.69 Å². The van der Waals surface area contributed by atoms with Gasteiger partial charge in [-0.15, -0.1) is 5.10 Å². The van der Waals surface area contributed by atoms with Crippen LogP contribution >= 0.6 is 0 Å². The van der Waals surface area contributed by atoms with Gasteiger partial charge in [0.05, 0.1) is 25.6 Å². The molecule has 1 fully saturated rings. The maximum atomic E-state index is 12.3. The van der Waals surface area contributed by atoms with E-state index in [-0.39, 0.29) is 11.6 Å². The molecule has 1 aliphatic rings. The van der Waals surface area contributed by atoms with E-state index in [2.05, 4.69) is 30.5 Å². The number of aromatic nitrogens is 5. The molecule has 3 heterocycles. The fourth-order valence-electron chi connectivity index (χ4n) is 2.35. The summed E-state index contributed by atoms with van der Waals surface area (Å²) >= 11 is 0. The first-order valence-electron chi connectivity index (χ1n) is 7.59. The molecule has 2 aromatic rings. The van der Waals surface area contributed by atoms with Crippen molar-refractivity contribution in [1.29, 1.82) is 0 Å². The van der Waals surface area contributed by atoms with Gasteiger partial charge < -0.3 is 19.9 Å². The van der Waals surface area contributed by atoms with E-state index < -0.39 is 0 Å². The van der Waals surface area contributed by atoms with E-state index in [9.17, 15) is 4.79 Å². The number of ether oxygens (including phenoxy) is 1. The van der Waals surface area contributed by atoms with Crippen LogP contribution in [-0.2, 0) is 11.8 Å². The first kappa shape index (κ1) is 16.1. The Bertz CT molecular complexity index is 723. The smallest absolute Gasteiger partial charge is 0.277 e. The number of nitrogens with one attached hydrogen (secondary N) is 1. The molecular formula is C14H20N8O2. The van der Waals surface area contributed by atoms with Gasteiger partial charge >= 0.3 is 0 Å². The molecule has 0 radical (unpaired) electrons. The Balaban J connectivity index is 1.83. The molecule has 0 spiro atoms. The monoisotopic (exact) mass is 332 g/mol. The first-order chi connectivity index (χ1) is 11.5. The van der Waals surface area contributed by atoms with Crippen molar-refractivity contribution in [2.45, 2.75) is 0 Å². The summed E-state index contributed by atoms with van der Waals surface area (Å²) < 4.78 is 6.82. The highest BCUT2D eigenvalue weighted by atomic mass is 16.5. The minimum absolute atomic E-state index is 0.236. The van der Waals surface area contributed by atoms with Gasteiger partial charge in [0, 0.05) is 34.2 Å². The Morgan fingerprint density at radius 3 is 2.71 bits per heavy atom. The number of amides is 1. The van der Waals surface area contributed by atoms with Crippen LogP contribution in [-0.4, -0.2) is 71.3 Å². The summed E-state index contributed by atoms with van der Waals surface area (Å²) in [5.74, 6) is 0.900. The Morgan fingerprint density at radius 1 is 1.33 bits per heavy atom. The van der Waals surface area contributed by atoms with Gasteiger partial charge in [-0.2, -0.15) is 4.98 Å². The molecule has 1 saturated heterocycles. The van der Waals surface area contributed by atoms with Crippen molar-refractivity contribution in [2.24, 2.45) is 7.05 Å². The van der Waals surface area contributed by atoms with Crippen molar-refractivity contribution in [1.82, 2.24) is 25.0 Å². The third-order valence-corrected chi connectivity index (χ3v) is 3.56. The molecule has 1 aliphatic heterocycles. The van der Waals surface area contributed by atoms with Gasteiger partial charge in [-0.3, -0.25) is 9.48 Å². The fourth-order valence-corrected chi connectivity index (χ4v) is 2.35. The number of carbonyl (C=O) groups is 1. The van der Waals surface area contributed by atoms with Crippen molar-refractivity contribution >= 4 is 23.4 Å². The Labute approximate surface area is 139 Å². The number of morpholine rings is 1. The zero-order chi connectivity index (χ0) is 17.1. The average Bonchev–Trinajstić information content (AvgIpc) is 3.02. The summed E-state index contributed by atoms with van der Waals surface area (Å²) in [6.45, 7) is 2.81. The summed E-state index contributed by atoms with van der Waals surface area (Å²) in [5.41, 5.74) is 0.757. The number of aryl methyl sites for hydroxylation is 1. The summed E-state index contributed by atoms with van der Waals surface area (Å²) in [4.78, 5) is 25.1. The topological polar surface area (TPSA) is 101 Å². The van der Waals surface area contributed by atoms with Crippen LogP contribution in [0.5, 0.6) is 0 Å². The van der Waals surface area contributed by atoms with Crippen LogP contribution < -0.4 is 15.1 Å². The summed E-state index contributed by atoms with van der Waals surface area (Å²) in [6, 6.07) is 0. The van der Waals surface area contributed by atoms with Gasteiger partial charge in [0.2, 0.25) is 5.95 Å². The van der Waals surface area contributed by atoms with Crippen LogP contribution in [0.3, 0.4) is 0 Å². The van der Waals surface area contributed by atoms with Gasteiger partial charge in [0.15, 0.2) is 11.5 Å². The number of nitrogens with zero attached hydrogens (tertiary/aromatic N) is 7. The molecule has 3 rings (SSSR count). The van der Waals surface area contributed by atoms with Crippen LogP contribution in [0.25, 0.3) is 0 Å². The summed E-state index contributed by atoms with van der Waals surface area (Å²) in [7, 11) is 5.43.